The highest BCUT2D eigenvalue weighted by Crippen LogP contribution is 2.18. The maximum absolute atomic E-state index is 10.6. The van der Waals surface area contributed by atoms with Crippen LogP contribution in [0.1, 0.15) is 44.5 Å². The fraction of sp³-hybridized carbons (Fsp3) is 0.562. The van der Waals surface area contributed by atoms with Crippen LogP contribution in [0.4, 0.5) is 0 Å². The van der Waals surface area contributed by atoms with Crippen LogP contribution in [0.3, 0.4) is 0 Å². The van der Waals surface area contributed by atoms with E-state index in [1.54, 1.807) is 0 Å². The smallest absolute Gasteiger partial charge is 0.303 e. The second-order valence-electron chi connectivity index (χ2n) is 5.98. The van der Waals surface area contributed by atoms with Crippen molar-refractivity contribution in [2.24, 2.45) is 5.92 Å². The minimum absolute atomic E-state index is 0.221. The van der Waals surface area contributed by atoms with Crippen molar-refractivity contribution in [3.63, 3.8) is 0 Å². The first-order chi connectivity index (χ1) is 9.97. The molecular weight excluding hydrogens is 266 g/mol. The highest BCUT2D eigenvalue weighted by molar-refractivity contribution is 5.72. The van der Waals surface area contributed by atoms with Crippen molar-refractivity contribution in [1.82, 2.24) is 14.5 Å². The molecule has 0 bridgehead atoms. The Morgan fingerprint density at radius 3 is 2.81 bits per heavy atom. The zero-order valence-electron chi connectivity index (χ0n) is 13.0. The van der Waals surface area contributed by atoms with Crippen molar-refractivity contribution >= 4 is 17.1 Å². The monoisotopic (exact) mass is 289 g/mol. The van der Waals surface area contributed by atoms with Gasteiger partial charge in [-0.05, 0) is 37.3 Å². The van der Waals surface area contributed by atoms with Crippen LogP contribution >= 0.6 is 0 Å². The van der Waals surface area contributed by atoms with E-state index in [0.29, 0.717) is 12.3 Å². The topological polar surface area (TPSA) is 68.0 Å². The van der Waals surface area contributed by atoms with Crippen LogP contribution in [0.2, 0.25) is 0 Å². The van der Waals surface area contributed by atoms with Crippen molar-refractivity contribution in [3.05, 3.63) is 23.7 Å². The molecule has 0 radical (unpaired) electrons. The number of pyridine rings is 1. The summed E-state index contributed by atoms with van der Waals surface area (Å²) in [6, 6.07) is 2.06. The summed E-state index contributed by atoms with van der Waals surface area (Å²) in [6.45, 7) is 7.14. The largest absolute Gasteiger partial charge is 0.481 e. The van der Waals surface area contributed by atoms with Crippen LogP contribution in [0.5, 0.6) is 0 Å². The fourth-order valence-electron chi connectivity index (χ4n) is 2.46. The Morgan fingerprint density at radius 2 is 2.14 bits per heavy atom. The number of aliphatic carboxylic acids is 1. The molecule has 2 aromatic rings. The standard InChI is InChI=1S/C16H23N3O2/c1-11(2)8-14-18-13-9-12(3)10-17-16(13)19(14)7-5-4-6-15(20)21/h9-11H,4-8H2,1-3H3,(H,20,21). The van der Waals surface area contributed by atoms with E-state index >= 15 is 0 Å². The van der Waals surface area contributed by atoms with E-state index in [0.717, 1.165) is 41.9 Å². The Kier molecular flexibility index (Phi) is 4.94. The average molecular weight is 289 g/mol. The molecule has 2 heterocycles. The van der Waals surface area contributed by atoms with Gasteiger partial charge >= 0.3 is 5.97 Å². The van der Waals surface area contributed by atoms with Gasteiger partial charge in [0.25, 0.3) is 0 Å². The molecule has 0 aliphatic carbocycles. The summed E-state index contributed by atoms with van der Waals surface area (Å²) in [6.07, 6.45) is 4.50. The number of aromatic nitrogens is 3. The van der Waals surface area contributed by atoms with Gasteiger partial charge in [0.2, 0.25) is 0 Å². The molecule has 0 amide bonds. The van der Waals surface area contributed by atoms with Gasteiger partial charge in [-0.25, -0.2) is 9.97 Å². The molecule has 0 saturated heterocycles. The molecule has 0 aromatic carbocycles. The zero-order chi connectivity index (χ0) is 15.4. The van der Waals surface area contributed by atoms with Crippen LogP contribution in [0.25, 0.3) is 11.2 Å². The number of unbranched alkanes of at least 4 members (excludes halogenated alkanes) is 1. The lowest BCUT2D eigenvalue weighted by Crippen LogP contribution is -2.08. The van der Waals surface area contributed by atoms with E-state index in [1.165, 1.54) is 0 Å². The van der Waals surface area contributed by atoms with Gasteiger partial charge in [0.05, 0.1) is 0 Å². The lowest BCUT2D eigenvalue weighted by molar-refractivity contribution is -0.137. The molecule has 2 aromatic heterocycles. The van der Waals surface area contributed by atoms with Gasteiger partial charge in [-0.1, -0.05) is 13.8 Å². The molecule has 0 unspecified atom stereocenters. The predicted molar refractivity (Wildman–Crippen MR) is 82.3 cm³/mol. The molecule has 0 aliphatic rings. The van der Waals surface area contributed by atoms with Crippen LogP contribution in [0, 0.1) is 12.8 Å². The first-order valence-electron chi connectivity index (χ1n) is 7.51. The van der Waals surface area contributed by atoms with Crippen molar-refractivity contribution in [2.75, 3.05) is 0 Å². The van der Waals surface area contributed by atoms with Gasteiger partial charge in [0, 0.05) is 25.6 Å². The molecule has 5 heteroatoms. The quantitative estimate of drug-likeness (QED) is 0.795. The minimum atomic E-state index is -0.735. The Labute approximate surface area is 125 Å². The molecule has 0 aliphatic heterocycles. The number of imidazole rings is 1. The van der Waals surface area contributed by atoms with E-state index in [2.05, 4.69) is 29.5 Å². The molecule has 114 valence electrons. The number of carboxylic acids is 1. The number of nitrogens with zero attached hydrogens (tertiary/aromatic N) is 3. The van der Waals surface area contributed by atoms with Crippen molar-refractivity contribution < 1.29 is 9.90 Å². The summed E-state index contributed by atoms with van der Waals surface area (Å²) in [4.78, 5) is 19.8. The van der Waals surface area contributed by atoms with Crippen molar-refractivity contribution in [3.8, 4) is 0 Å². The third kappa shape index (κ3) is 4.03. The van der Waals surface area contributed by atoms with Crippen LogP contribution < -0.4 is 0 Å². The number of hydrogen-bond donors (Lipinski definition) is 1. The van der Waals surface area contributed by atoms with E-state index in [1.807, 2.05) is 13.1 Å². The Balaban J connectivity index is 2.22. The summed E-state index contributed by atoms with van der Waals surface area (Å²) in [5, 5.41) is 8.72. The van der Waals surface area contributed by atoms with Gasteiger partial charge in [-0.15, -0.1) is 0 Å². The summed E-state index contributed by atoms with van der Waals surface area (Å²) in [7, 11) is 0. The van der Waals surface area contributed by atoms with Crippen molar-refractivity contribution in [1.29, 1.82) is 0 Å². The molecule has 0 saturated carbocycles. The van der Waals surface area contributed by atoms with Crippen LogP contribution in [0.15, 0.2) is 12.3 Å². The maximum atomic E-state index is 10.6. The first-order valence-corrected chi connectivity index (χ1v) is 7.51. The second kappa shape index (κ2) is 6.70. The lowest BCUT2D eigenvalue weighted by Gasteiger charge is -2.09. The summed E-state index contributed by atoms with van der Waals surface area (Å²) in [5.74, 6) is 0.843. The SMILES string of the molecule is Cc1cnc2c(c1)nc(CC(C)C)n2CCCCC(=O)O. The summed E-state index contributed by atoms with van der Waals surface area (Å²) >= 11 is 0. The van der Waals surface area contributed by atoms with Gasteiger partial charge in [-0.3, -0.25) is 4.79 Å². The minimum Gasteiger partial charge on any atom is -0.481 e. The molecule has 0 fully saturated rings. The Bertz CT molecular complexity index is 632. The summed E-state index contributed by atoms with van der Waals surface area (Å²) in [5.41, 5.74) is 2.95. The van der Waals surface area contributed by atoms with Gasteiger partial charge in [0.15, 0.2) is 5.65 Å². The van der Waals surface area contributed by atoms with Gasteiger partial charge in [0.1, 0.15) is 11.3 Å². The normalized spacial score (nSPS) is 11.4. The molecule has 21 heavy (non-hydrogen) atoms. The third-order valence-corrected chi connectivity index (χ3v) is 3.41. The Hall–Kier alpha value is -1.91. The number of aryl methyl sites for hydroxylation is 2. The average Bonchev–Trinajstić information content (AvgIpc) is 2.70. The number of carboxylic acid groups (broad SMARTS) is 1. The molecule has 0 atom stereocenters. The zero-order valence-corrected chi connectivity index (χ0v) is 13.0. The highest BCUT2D eigenvalue weighted by atomic mass is 16.4. The second-order valence-corrected chi connectivity index (χ2v) is 5.98. The van der Waals surface area contributed by atoms with E-state index < -0.39 is 5.97 Å². The number of hydrogen-bond acceptors (Lipinski definition) is 3. The third-order valence-electron chi connectivity index (χ3n) is 3.41. The first kappa shape index (κ1) is 15.5. The van der Waals surface area contributed by atoms with Crippen LogP contribution in [-0.2, 0) is 17.8 Å². The Morgan fingerprint density at radius 1 is 1.38 bits per heavy atom. The highest BCUT2D eigenvalue weighted by Gasteiger charge is 2.13. The molecular formula is C16H23N3O2. The van der Waals surface area contributed by atoms with Crippen LogP contribution in [-0.4, -0.2) is 25.6 Å². The van der Waals surface area contributed by atoms with E-state index in [4.69, 9.17) is 10.1 Å². The van der Waals surface area contributed by atoms with Crippen molar-refractivity contribution in [2.45, 2.75) is 53.0 Å². The predicted octanol–water partition coefficient (Wildman–Crippen LogP) is 3.19. The molecule has 5 nitrogen and oxygen atoms in total. The van der Waals surface area contributed by atoms with Gasteiger partial charge in [-0.2, -0.15) is 0 Å². The molecule has 0 spiro atoms. The van der Waals surface area contributed by atoms with E-state index in [-0.39, 0.29) is 6.42 Å². The summed E-state index contributed by atoms with van der Waals surface area (Å²) < 4.78 is 2.15. The fourth-order valence-corrected chi connectivity index (χ4v) is 2.46. The molecule has 2 rings (SSSR count). The maximum Gasteiger partial charge on any atom is 0.303 e. The number of rotatable bonds is 7. The number of fused-ring (bicyclic) bond motifs is 1. The lowest BCUT2D eigenvalue weighted by atomic mass is 10.1. The van der Waals surface area contributed by atoms with E-state index in [9.17, 15) is 4.79 Å². The van der Waals surface area contributed by atoms with Gasteiger partial charge < -0.3 is 9.67 Å². The number of carbonyl (C=O) groups is 1. The molecule has 1 N–H and O–H groups in total.